The maximum atomic E-state index is 10.2. The number of rotatable bonds is 9. The maximum Gasteiger partial charge on any atom is 0.126 e. The molecule has 0 aliphatic carbocycles. The van der Waals surface area contributed by atoms with Gasteiger partial charge in [0, 0.05) is 0 Å². The van der Waals surface area contributed by atoms with Crippen molar-refractivity contribution in [1.82, 2.24) is 0 Å². The first-order chi connectivity index (χ1) is 14.5. The summed E-state index contributed by atoms with van der Waals surface area (Å²) in [6, 6.07) is 3.58. The van der Waals surface area contributed by atoms with Crippen molar-refractivity contribution in [1.29, 1.82) is 0 Å². The van der Waals surface area contributed by atoms with Crippen LogP contribution in [0, 0.1) is 6.92 Å². The Kier molecular flexibility index (Phi) is 8.96. The van der Waals surface area contributed by atoms with E-state index in [2.05, 4.69) is 19.9 Å². The number of aromatic hydroxyl groups is 1. The second-order valence-electron chi connectivity index (χ2n) is 9.56. The van der Waals surface area contributed by atoms with Crippen molar-refractivity contribution in [3.8, 4) is 11.5 Å². The average molecular weight is 429 g/mol. The number of phenols is 1. The summed E-state index contributed by atoms with van der Waals surface area (Å²) in [5.41, 5.74) is 5.02. The molecule has 0 unspecified atom stereocenters. The van der Waals surface area contributed by atoms with Gasteiger partial charge >= 0.3 is 0 Å². The van der Waals surface area contributed by atoms with Crippen LogP contribution in [-0.4, -0.2) is 33.1 Å². The van der Waals surface area contributed by atoms with Gasteiger partial charge in [0.15, 0.2) is 0 Å². The summed E-state index contributed by atoms with van der Waals surface area (Å²) < 4.78 is 6.37. The topological polar surface area (TPSA) is 69.9 Å². The Morgan fingerprint density at radius 2 is 1.84 bits per heavy atom. The second-order valence-corrected chi connectivity index (χ2v) is 9.56. The summed E-state index contributed by atoms with van der Waals surface area (Å²) in [6.45, 7) is 12.0. The van der Waals surface area contributed by atoms with Crippen molar-refractivity contribution in [3.05, 3.63) is 58.2 Å². The number of aryl methyl sites for hydroxylation is 2. The zero-order chi connectivity index (χ0) is 23.2. The molecule has 0 aromatic heterocycles. The summed E-state index contributed by atoms with van der Waals surface area (Å²) >= 11 is 0. The van der Waals surface area contributed by atoms with Crippen LogP contribution in [0.4, 0.5) is 0 Å². The van der Waals surface area contributed by atoms with Gasteiger partial charge in [0.05, 0.1) is 0 Å². The predicted molar refractivity (Wildman–Crippen MR) is 128 cm³/mol. The standard InChI is InChI=1S/C27H40O4/c1-18(2)15-24(29)25(30)20(4)11-7-9-19(3)10-8-13-27(6)14-12-22-17-23(28)16-21(5)26(22)31-27/h10-11,15-17,24-25,28-30H,7-9,12-14H2,1-6H3/b19-10+,20-11+/t24-,25+,27-/m1/s1. The van der Waals surface area contributed by atoms with E-state index >= 15 is 0 Å². The molecule has 3 atom stereocenters. The van der Waals surface area contributed by atoms with Gasteiger partial charge in [-0.05, 0) is 109 Å². The minimum Gasteiger partial charge on any atom is -0.508 e. The SMILES string of the molecule is CC(C)=C[C@@H](O)[C@@H](O)/C(C)=C/CC/C(C)=C/CC[C@]1(C)CCc2cc(O)cc(C)c2O1. The molecule has 1 aliphatic heterocycles. The van der Waals surface area contributed by atoms with Gasteiger partial charge in [0.1, 0.15) is 29.3 Å². The summed E-state index contributed by atoms with van der Waals surface area (Å²) in [5.74, 6) is 1.24. The molecule has 0 radical (unpaired) electrons. The van der Waals surface area contributed by atoms with Gasteiger partial charge in [-0.3, -0.25) is 0 Å². The molecule has 1 aromatic carbocycles. The van der Waals surface area contributed by atoms with Crippen LogP contribution < -0.4 is 4.74 Å². The number of aliphatic hydroxyl groups excluding tert-OH is 2. The van der Waals surface area contributed by atoms with Crippen LogP contribution in [0.3, 0.4) is 0 Å². The van der Waals surface area contributed by atoms with E-state index in [0.29, 0.717) is 5.75 Å². The van der Waals surface area contributed by atoms with Gasteiger partial charge in [-0.15, -0.1) is 0 Å². The third-order valence-corrected chi connectivity index (χ3v) is 6.07. The van der Waals surface area contributed by atoms with E-state index in [1.165, 1.54) is 5.57 Å². The van der Waals surface area contributed by atoms with Crippen molar-refractivity contribution in [2.75, 3.05) is 0 Å². The van der Waals surface area contributed by atoms with Crippen LogP contribution in [0.15, 0.2) is 47.1 Å². The Morgan fingerprint density at radius 1 is 1.13 bits per heavy atom. The van der Waals surface area contributed by atoms with Crippen molar-refractivity contribution in [3.63, 3.8) is 0 Å². The van der Waals surface area contributed by atoms with Gasteiger partial charge in [-0.1, -0.05) is 29.4 Å². The van der Waals surface area contributed by atoms with Gasteiger partial charge < -0.3 is 20.1 Å². The Hall–Kier alpha value is -2.04. The fraction of sp³-hybridized carbons (Fsp3) is 0.556. The Balaban J connectivity index is 1.84. The molecule has 0 spiro atoms. The summed E-state index contributed by atoms with van der Waals surface area (Å²) in [7, 11) is 0. The van der Waals surface area contributed by atoms with Crippen molar-refractivity contribution >= 4 is 0 Å². The molecule has 4 heteroatoms. The Bertz CT molecular complexity index is 845. The van der Waals surface area contributed by atoms with Crippen LogP contribution >= 0.6 is 0 Å². The molecule has 1 heterocycles. The predicted octanol–water partition coefficient (Wildman–Crippen LogP) is 5.93. The lowest BCUT2D eigenvalue weighted by molar-refractivity contribution is 0.0561. The number of ether oxygens (including phenoxy) is 1. The summed E-state index contributed by atoms with van der Waals surface area (Å²) in [5, 5.41) is 30.0. The molecule has 4 nitrogen and oxygen atoms in total. The van der Waals surface area contributed by atoms with Crippen LogP contribution in [0.25, 0.3) is 0 Å². The highest BCUT2D eigenvalue weighted by molar-refractivity contribution is 5.47. The van der Waals surface area contributed by atoms with E-state index in [1.54, 1.807) is 12.1 Å². The van der Waals surface area contributed by atoms with Crippen LogP contribution in [0.2, 0.25) is 0 Å². The van der Waals surface area contributed by atoms with E-state index in [1.807, 2.05) is 39.8 Å². The Morgan fingerprint density at radius 3 is 2.52 bits per heavy atom. The largest absolute Gasteiger partial charge is 0.508 e. The van der Waals surface area contributed by atoms with Crippen LogP contribution in [-0.2, 0) is 6.42 Å². The summed E-state index contributed by atoms with van der Waals surface area (Å²) in [4.78, 5) is 0. The molecular formula is C27H40O4. The molecule has 0 bridgehead atoms. The molecule has 0 saturated carbocycles. The average Bonchev–Trinajstić information content (AvgIpc) is 2.67. The lowest BCUT2D eigenvalue weighted by Crippen LogP contribution is -2.36. The third kappa shape index (κ3) is 7.55. The van der Waals surface area contributed by atoms with Crippen LogP contribution in [0.1, 0.15) is 77.8 Å². The van der Waals surface area contributed by atoms with Crippen molar-refractivity contribution < 1.29 is 20.1 Å². The normalized spacial score (nSPS) is 21.2. The van der Waals surface area contributed by atoms with Crippen LogP contribution in [0.5, 0.6) is 11.5 Å². The first-order valence-corrected chi connectivity index (χ1v) is 11.4. The molecule has 1 aliphatic rings. The fourth-order valence-corrected chi connectivity index (χ4v) is 4.11. The summed E-state index contributed by atoms with van der Waals surface area (Å²) in [6.07, 6.45) is 9.84. The van der Waals surface area contributed by atoms with E-state index in [0.717, 1.165) is 66.5 Å². The van der Waals surface area contributed by atoms with E-state index in [9.17, 15) is 15.3 Å². The maximum absolute atomic E-state index is 10.2. The molecule has 2 rings (SSSR count). The first kappa shape index (κ1) is 25.2. The molecular weight excluding hydrogens is 388 g/mol. The number of aliphatic hydroxyl groups is 2. The quantitative estimate of drug-likeness (QED) is 0.427. The number of fused-ring (bicyclic) bond motifs is 1. The number of hydrogen-bond donors (Lipinski definition) is 3. The zero-order valence-corrected chi connectivity index (χ0v) is 20.0. The molecule has 3 N–H and O–H groups in total. The fourth-order valence-electron chi connectivity index (χ4n) is 4.11. The molecule has 0 saturated heterocycles. The number of benzene rings is 1. The molecule has 172 valence electrons. The minimum absolute atomic E-state index is 0.187. The van der Waals surface area contributed by atoms with E-state index in [-0.39, 0.29) is 5.60 Å². The third-order valence-electron chi connectivity index (χ3n) is 6.07. The van der Waals surface area contributed by atoms with E-state index in [4.69, 9.17) is 4.74 Å². The van der Waals surface area contributed by atoms with Gasteiger partial charge in [-0.25, -0.2) is 0 Å². The number of hydrogen-bond acceptors (Lipinski definition) is 4. The number of allylic oxidation sites excluding steroid dienone is 4. The Labute approximate surface area is 188 Å². The lowest BCUT2D eigenvalue weighted by atomic mass is 9.87. The highest BCUT2D eigenvalue weighted by Crippen LogP contribution is 2.39. The smallest absolute Gasteiger partial charge is 0.126 e. The monoisotopic (exact) mass is 428 g/mol. The zero-order valence-electron chi connectivity index (χ0n) is 20.0. The minimum atomic E-state index is -0.855. The molecule has 0 amide bonds. The van der Waals surface area contributed by atoms with Crippen molar-refractivity contribution in [2.24, 2.45) is 0 Å². The molecule has 1 aromatic rings. The molecule has 0 fully saturated rings. The first-order valence-electron chi connectivity index (χ1n) is 11.4. The number of phenolic OH excluding ortho intramolecular Hbond substituents is 1. The molecule has 31 heavy (non-hydrogen) atoms. The van der Waals surface area contributed by atoms with Gasteiger partial charge in [-0.2, -0.15) is 0 Å². The second kappa shape index (κ2) is 11.0. The van der Waals surface area contributed by atoms with Crippen molar-refractivity contribution in [2.45, 2.75) is 97.9 Å². The highest BCUT2D eigenvalue weighted by atomic mass is 16.5. The van der Waals surface area contributed by atoms with E-state index < -0.39 is 12.2 Å². The lowest BCUT2D eigenvalue weighted by Gasteiger charge is -2.36. The van der Waals surface area contributed by atoms with Gasteiger partial charge in [0.25, 0.3) is 0 Å². The highest BCUT2D eigenvalue weighted by Gasteiger charge is 2.32. The van der Waals surface area contributed by atoms with Gasteiger partial charge in [0.2, 0.25) is 0 Å².